The lowest BCUT2D eigenvalue weighted by molar-refractivity contribution is 0.0884. The molecule has 1 aliphatic heterocycles. The minimum Gasteiger partial charge on any atom is -0.408 e. The van der Waals surface area contributed by atoms with Crippen LogP contribution in [-0.2, 0) is 13.6 Å². The van der Waals surface area contributed by atoms with Crippen LogP contribution in [0.1, 0.15) is 46.3 Å². The zero-order valence-corrected chi connectivity index (χ0v) is 20.6. The number of fused-ring (bicyclic) bond motifs is 2. The summed E-state index contributed by atoms with van der Waals surface area (Å²) in [6.45, 7) is 4.95. The van der Waals surface area contributed by atoms with E-state index in [-0.39, 0.29) is 29.3 Å². The molecule has 1 saturated heterocycles. The average Bonchev–Trinajstić information content (AvgIpc) is 3.46. The molecule has 5 rings (SSSR count). The van der Waals surface area contributed by atoms with Crippen molar-refractivity contribution in [2.75, 3.05) is 26.7 Å². The van der Waals surface area contributed by atoms with Crippen molar-refractivity contribution in [1.29, 1.82) is 0 Å². The Bertz CT molecular complexity index is 1510. The number of aromatic nitrogens is 4. The SMILES string of the molecule is CN1CCC(C)(CNC(=O)c2cc(C(=O)NCc3ccc4oc(=O)n(C)c4c3)nc3ccnn23)CC1. The lowest BCUT2D eigenvalue weighted by atomic mass is 9.80. The van der Waals surface area contributed by atoms with E-state index in [1.807, 2.05) is 0 Å². The summed E-state index contributed by atoms with van der Waals surface area (Å²) in [5.41, 5.74) is 2.73. The minimum atomic E-state index is -0.444. The van der Waals surface area contributed by atoms with Gasteiger partial charge in [-0.2, -0.15) is 5.10 Å². The summed E-state index contributed by atoms with van der Waals surface area (Å²) in [6.07, 6.45) is 3.55. The molecule has 36 heavy (non-hydrogen) atoms. The topological polar surface area (TPSA) is 127 Å². The molecule has 188 valence electrons. The standard InChI is InChI=1S/C25H29N7O4/c1-25(7-10-30(2)11-8-25)15-27-23(34)19-13-17(29-21-6-9-28-32(19)21)22(33)26-14-16-4-5-20-18(12-16)31(3)24(35)36-20/h4-6,9,12-13H,7-8,10-11,14-15H2,1-3H3,(H,26,33)(H,27,34). The number of amides is 2. The van der Waals surface area contributed by atoms with Gasteiger partial charge in [-0.3, -0.25) is 14.2 Å². The number of carbonyl (C=O) groups is 2. The quantitative estimate of drug-likeness (QED) is 0.419. The Balaban J connectivity index is 1.31. The molecular weight excluding hydrogens is 462 g/mol. The number of oxazole rings is 1. The lowest BCUT2D eigenvalue weighted by Gasteiger charge is -2.37. The Kier molecular flexibility index (Phi) is 6.09. The van der Waals surface area contributed by atoms with Crippen molar-refractivity contribution in [3.63, 3.8) is 0 Å². The molecule has 11 heteroatoms. The van der Waals surface area contributed by atoms with Crippen molar-refractivity contribution in [2.24, 2.45) is 12.5 Å². The first-order chi connectivity index (χ1) is 17.2. The number of nitrogens with one attached hydrogen (secondary N) is 2. The zero-order valence-electron chi connectivity index (χ0n) is 20.6. The van der Waals surface area contributed by atoms with Gasteiger partial charge in [-0.1, -0.05) is 13.0 Å². The lowest BCUT2D eigenvalue weighted by Crippen LogP contribution is -2.43. The van der Waals surface area contributed by atoms with Gasteiger partial charge in [-0.05, 0) is 56.1 Å². The molecule has 2 N–H and O–H groups in total. The molecule has 0 radical (unpaired) electrons. The van der Waals surface area contributed by atoms with E-state index in [9.17, 15) is 14.4 Å². The number of carbonyl (C=O) groups excluding carboxylic acids is 2. The smallest absolute Gasteiger partial charge is 0.408 e. The molecule has 0 unspecified atom stereocenters. The van der Waals surface area contributed by atoms with Crippen LogP contribution in [0.25, 0.3) is 16.7 Å². The van der Waals surface area contributed by atoms with Crippen LogP contribution in [0, 0.1) is 5.41 Å². The van der Waals surface area contributed by atoms with E-state index in [0.717, 1.165) is 31.5 Å². The number of benzene rings is 1. The van der Waals surface area contributed by atoms with Gasteiger partial charge in [0.05, 0.1) is 11.7 Å². The molecule has 3 aromatic heterocycles. The second kappa shape index (κ2) is 9.23. The molecule has 1 aromatic carbocycles. The first-order valence-corrected chi connectivity index (χ1v) is 11.9. The fourth-order valence-corrected chi connectivity index (χ4v) is 4.47. The van der Waals surface area contributed by atoms with Gasteiger partial charge in [0, 0.05) is 32.3 Å². The van der Waals surface area contributed by atoms with Crippen molar-refractivity contribution in [2.45, 2.75) is 26.3 Å². The maximum atomic E-state index is 13.1. The summed E-state index contributed by atoms with van der Waals surface area (Å²) in [7, 11) is 3.73. The highest BCUT2D eigenvalue weighted by molar-refractivity contribution is 5.98. The van der Waals surface area contributed by atoms with Gasteiger partial charge in [0.1, 0.15) is 11.4 Å². The maximum Gasteiger partial charge on any atom is 0.419 e. The van der Waals surface area contributed by atoms with Gasteiger partial charge in [0.2, 0.25) is 0 Å². The number of nitrogens with zero attached hydrogens (tertiary/aromatic N) is 5. The Hall–Kier alpha value is -3.99. The largest absolute Gasteiger partial charge is 0.419 e. The number of aryl methyl sites for hydroxylation is 1. The Labute approximate surface area is 207 Å². The second-order valence-corrected chi connectivity index (χ2v) is 9.84. The van der Waals surface area contributed by atoms with E-state index in [2.05, 4.69) is 39.6 Å². The van der Waals surface area contributed by atoms with Gasteiger partial charge in [0.25, 0.3) is 11.8 Å². The van der Waals surface area contributed by atoms with Gasteiger partial charge in [-0.15, -0.1) is 0 Å². The highest BCUT2D eigenvalue weighted by atomic mass is 16.4. The predicted octanol–water partition coefficient (Wildman–Crippen LogP) is 1.57. The number of hydrogen-bond acceptors (Lipinski definition) is 7. The highest BCUT2D eigenvalue weighted by Gasteiger charge is 2.30. The molecule has 1 fully saturated rings. The molecule has 4 heterocycles. The monoisotopic (exact) mass is 491 g/mol. The highest BCUT2D eigenvalue weighted by Crippen LogP contribution is 2.29. The maximum absolute atomic E-state index is 13.1. The van der Waals surface area contributed by atoms with Crippen LogP contribution < -0.4 is 16.4 Å². The second-order valence-electron chi connectivity index (χ2n) is 9.84. The molecule has 0 aliphatic carbocycles. The molecule has 0 atom stereocenters. The summed E-state index contributed by atoms with van der Waals surface area (Å²) in [6, 6.07) is 8.38. The number of piperidine rings is 1. The molecule has 4 aromatic rings. The Morgan fingerprint density at radius 1 is 1.08 bits per heavy atom. The molecule has 0 bridgehead atoms. The van der Waals surface area contributed by atoms with Crippen LogP contribution >= 0.6 is 0 Å². The summed E-state index contributed by atoms with van der Waals surface area (Å²) < 4.78 is 8.00. The van der Waals surface area contributed by atoms with E-state index < -0.39 is 11.7 Å². The van der Waals surface area contributed by atoms with Crippen LogP contribution in [0.5, 0.6) is 0 Å². The number of rotatable bonds is 6. The first kappa shape index (κ1) is 23.7. The van der Waals surface area contributed by atoms with Crippen molar-refractivity contribution in [3.8, 4) is 0 Å². The minimum absolute atomic E-state index is 0.0260. The third-order valence-electron chi connectivity index (χ3n) is 7.00. The Morgan fingerprint density at radius 3 is 2.64 bits per heavy atom. The normalized spacial score (nSPS) is 15.9. The molecular formula is C25H29N7O4. The van der Waals surface area contributed by atoms with Gasteiger partial charge >= 0.3 is 5.76 Å². The van der Waals surface area contributed by atoms with Crippen LogP contribution in [0.2, 0.25) is 0 Å². The third-order valence-corrected chi connectivity index (χ3v) is 7.00. The van der Waals surface area contributed by atoms with Crippen LogP contribution in [-0.4, -0.2) is 62.6 Å². The fraction of sp³-hybridized carbons (Fsp3) is 0.400. The number of likely N-dealkylation sites (tertiary alicyclic amines) is 1. The molecule has 11 nitrogen and oxygen atoms in total. The van der Waals surface area contributed by atoms with E-state index in [0.29, 0.717) is 23.3 Å². The van der Waals surface area contributed by atoms with E-state index in [1.165, 1.54) is 15.1 Å². The summed E-state index contributed by atoms with van der Waals surface area (Å²) >= 11 is 0. The van der Waals surface area contributed by atoms with E-state index >= 15 is 0 Å². The zero-order chi connectivity index (χ0) is 25.4. The van der Waals surface area contributed by atoms with Crippen LogP contribution in [0.3, 0.4) is 0 Å². The third kappa shape index (κ3) is 4.61. The average molecular weight is 492 g/mol. The van der Waals surface area contributed by atoms with E-state index in [1.54, 1.807) is 37.5 Å². The summed E-state index contributed by atoms with van der Waals surface area (Å²) in [5, 5.41) is 10.1. The van der Waals surface area contributed by atoms with Crippen molar-refractivity contribution in [3.05, 3.63) is 64.0 Å². The molecule has 0 saturated carbocycles. The van der Waals surface area contributed by atoms with E-state index in [4.69, 9.17) is 4.42 Å². The van der Waals surface area contributed by atoms with Crippen LogP contribution in [0.4, 0.5) is 0 Å². The van der Waals surface area contributed by atoms with Crippen molar-refractivity contribution < 1.29 is 14.0 Å². The van der Waals surface area contributed by atoms with Gasteiger partial charge < -0.3 is 20.0 Å². The first-order valence-electron chi connectivity index (χ1n) is 11.9. The Morgan fingerprint density at radius 2 is 1.86 bits per heavy atom. The molecule has 1 aliphatic rings. The fourth-order valence-electron chi connectivity index (χ4n) is 4.47. The van der Waals surface area contributed by atoms with Gasteiger partial charge in [-0.25, -0.2) is 14.3 Å². The molecule has 2 amide bonds. The molecule has 0 spiro atoms. The number of hydrogen-bond donors (Lipinski definition) is 2. The summed E-state index contributed by atoms with van der Waals surface area (Å²) in [4.78, 5) is 44.5. The van der Waals surface area contributed by atoms with Gasteiger partial charge in [0.15, 0.2) is 11.2 Å². The predicted molar refractivity (Wildman–Crippen MR) is 133 cm³/mol. The van der Waals surface area contributed by atoms with Crippen molar-refractivity contribution >= 4 is 28.6 Å². The van der Waals surface area contributed by atoms with Crippen molar-refractivity contribution in [1.82, 2.24) is 34.7 Å². The van der Waals surface area contributed by atoms with Crippen LogP contribution in [0.15, 0.2) is 45.7 Å². The summed E-state index contributed by atoms with van der Waals surface area (Å²) in [5.74, 6) is -1.16.